The zero-order valence-corrected chi connectivity index (χ0v) is 13.5. The lowest BCUT2D eigenvalue weighted by Crippen LogP contribution is -2.53. The summed E-state index contributed by atoms with van der Waals surface area (Å²) in [5.74, 6) is 0.178. The lowest BCUT2D eigenvalue weighted by Gasteiger charge is -2.35. The molecule has 1 unspecified atom stereocenters. The SMILES string of the molecule is CCC(CC)N(CCN)C(C)C(=O)NC1CCCCC1. The first-order chi connectivity index (χ1) is 9.63. The van der Waals surface area contributed by atoms with Crippen LogP contribution in [0.5, 0.6) is 0 Å². The van der Waals surface area contributed by atoms with Gasteiger partial charge in [0, 0.05) is 25.2 Å². The average molecular weight is 283 g/mol. The number of hydrogen-bond donors (Lipinski definition) is 2. The number of nitrogens with zero attached hydrogens (tertiary/aromatic N) is 1. The first kappa shape index (κ1) is 17.4. The lowest BCUT2D eigenvalue weighted by molar-refractivity contribution is -0.127. The summed E-state index contributed by atoms with van der Waals surface area (Å²) < 4.78 is 0. The summed E-state index contributed by atoms with van der Waals surface area (Å²) >= 11 is 0. The molecule has 1 atom stereocenters. The van der Waals surface area contributed by atoms with Crippen LogP contribution >= 0.6 is 0 Å². The molecule has 1 amide bonds. The molecule has 0 aromatic carbocycles. The van der Waals surface area contributed by atoms with Crippen LogP contribution in [0.2, 0.25) is 0 Å². The third kappa shape index (κ3) is 5.06. The van der Waals surface area contributed by atoms with E-state index in [9.17, 15) is 4.79 Å². The summed E-state index contributed by atoms with van der Waals surface area (Å²) in [5, 5.41) is 3.24. The fourth-order valence-electron chi connectivity index (χ4n) is 3.32. The van der Waals surface area contributed by atoms with Gasteiger partial charge in [0.25, 0.3) is 0 Å². The van der Waals surface area contributed by atoms with E-state index in [1.54, 1.807) is 0 Å². The van der Waals surface area contributed by atoms with E-state index in [0.717, 1.165) is 32.2 Å². The van der Waals surface area contributed by atoms with Gasteiger partial charge >= 0.3 is 0 Å². The van der Waals surface area contributed by atoms with E-state index in [4.69, 9.17) is 5.73 Å². The van der Waals surface area contributed by atoms with E-state index in [1.807, 2.05) is 6.92 Å². The van der Waals surface area contributed by atoms with Gasteiger partial charge in [-0.25, -0.2) is 0 Å². The summed E-state index contributed by atoms with van der Waals surface area (Å²) in [7, 11) is 0. The Bertz CT molecular complexity index is 273. The number of amides is 1. The molecule has 0 heterocycles. The van der Waals surface area contributed by atoms with Gasteiger partial charge in [-0.1, -0.05) is 33.1 Å². The Labute approximate surface area is 124 Å². The smallest absolute Gasteiger partial charge is 0.237 e. The number of nitrogens with one attached hydrogen (secondary N) is 1. The van der Waals surface area contributed by atoms with Crippen molar-refractivity contribution in [3.63, 3.8) is 0 Å². The van der Waals surface area contributed by atoms with Crippen molar-refractivity contribution >= 4 is 5.91 Å². The Hall–Kier alpha value is -0.610. The third-order valence-corrected chi connectivity index (χ3v) is 4.63. The van der Waals surface area contributed by atoms with Crippen LogP contribution in [-0.2, 0) is 4.79 Å². The maximum absolute atomic E-state index is 12.5. The molecule has 0 aromatic rings. The molecule has 4 nitrogen and oxygen atoms in total. The van der Waals surface area contributed by atoms with Gasteiger partial charge in [-0.2, -0.15) is 0 Å². The maximum Gasteiger partial charge on any atom is 0.237 e. The van der Waals surface area contributed by atoms with Crippen LogP contribution in [-0.4, -0.2) is 42.0 Å². The van der Waals surface area contributed by atoms with E-state index in [2.05, 4.69) is 24.1 Å². The second-order valence-electron chi connectivity index (χ2n) is 6.02. The minimum absolute atomic E-state index is 0.0784. The highest BCUT2D eigenvalue weighted by Crippen LogP contribution is 2.18. The van der Waals surface area contributed by atoms with Crippen LogP contribution in [0.15, 0.2) is 0 Å². The van der Waals surface area contributed by atoms with Gasteiger partial charge in [-0.15, -0.1) is 0 Å². The van der Waals surface area contributed by atoms with E-state index in [1.165, 1.54) is 19.3 Å². The number of rotatable bonds is 8. The quantitative estimate of drug-likeness (QED) is 0.718. The molecule has 1 aliphatic rings. The summed E-state index contributed by atoms with van der Waals surface area (Å²) in [6, 6.07) is 0.760. The molecule has 0 spiro atoms. The van der Waals surface area contributed by atoms with Crippen molar-refractivity contribution in [3.05, 3.63) is 0 Å². The first-order valence-electron chi connectivity index (χ1n) is 8.40. The van der Waals surface area contributed by atoms with Crippen LogP contribution in [0.25, 0.3) is 0 Å². The largest absolute Gasteiger partial charge is 0.352 e. The standard InChI is InChI=1S/C16H33N3O/c1-4-15(5-2)19(12-11-17)13(3)16(20)18-14-9-7-6-8-10-14/h13-15H,4-12,17H2,1-3H3,(H,18,20). The molecule has 0 saturated heterocycles. The molecule has 4 heteroatoms. The Balaban J connectivity index is 2.57. The Morgan fingerprint density at radius 3 is 2.35 bits per heavy atom. The second kappa shape index (κ2) is 9.35. The highest BCUT2D eigenvalue weighted by atomic mass is 16.2. The van der Waals surface area contributed by atoms with Gasteiger partial charge < -0.3 is 11.1 Å². The molecule has 1 aliphatic carbocycles. The predicted octanol–water partition coefficient (Wildman–Crippen LogP) is 2.27. The fraction of sp³-hybridized carbons (Fsp3) is 0.938. The summed E-state index contributed by atoms with van der Waals surface area (Å²) in [6.07, 6.45) is 8.22. The monoisotopic (exact) mass is 283 g/mol. The Kier molecular flexibility index (Phi) is 8.15. The summed E-state index contributed by atoms with van der Waals surface area (Å²) in [5.41, 5.74) is 5.73. The van der Waals surface area contributed by atoms with Crippen LogP contribution in [0.4, 0.5) is 0 Å². The van der Waals surface area contributed by atoms with Crippen molar-refractivity contribution < 1.29 is 4.79 Å². The fourth-order valence-corrected chi connectivity index (χ4v) is 3.32. The van der Waals surface area contributed by atoms with Crippen molar-refractivity contribution in [2.75, 3.05) is 13.1 Å². The van der Waals surface area contributed by atoms with Crippen molar-refractivity contribution in [1.29, 1.82) is 0 Å². The third-order valence-electron chi connectivity index (χ3n) is 4.63. The van der Waals surface area contributed by atoms with E-state index < -0.39 is 0 Å². The van der Waals surface area contributed by atoms with Gasteiger partial charge in [0.1, 0.15) is 0 Å². The van der Waals surface area contributed by atoms with Gasteiger partial charge in [-0.3, -0.25) is 9.69 Å². The van der Waals surface area contributed by atoms with Gasteiger partial charge in [0.2, 0.25) is 5.91 Å². The topological polar surface area (TPSA) is 58.4 Å². The molecular weight excluding hydrogens is 250 g/mol. The normalized spacial score (nSPS) is 18.5. The highest BCUT2D eigenvalue weighted by molar-refractivity contribution is 5.81. The lowest BCUT2D eigenvalue weighted by atomic mass is 9.95. The summed E-state index contributed by atoms with van der Waals surface area (Å²) in [6.45, 7) is 7.79. The predicted molar refractivity (Wildman–Crippen MR) is 84.6 cm³/mol. The van der Waals surface area contributed by atoms with Gasteiger partial charge in [0.15, 0.2) is 0 Å². The molecular formula is C16H33N3O. The highest BCUT2D eigenvalue weighted by Gasteiger charge is 2.27. The van der Waals surface area contributed by atoms with Crippen molar-refractivity contribution in [3.8, 4) is 0 Å². The van der Waals surface area contributed by atoms with Gasteiger partial charge in [-0.05, 0) is 32.6 Å². The van der Waals surface area contributed by atoms with Crippen LogP contribution in [0, 0.1) is 0 Å². The molecule has 3 N–H and O–H groups in total. The van der Waals surface area contributed by atoms with Crippen LogP contribution < -0.4 is 11.1 Å². The van der Waals surface area contributed by atoms with Crippen molar-refractivity contribution in [2.24, 2.45) is 5.73 Å². The minimum Gasteiger partial charge on any atom is -0.352 e. The molecule has 1 saturated carbocycles. The minimum atomic E-state index is -0.0784. The molecule has 1 rings (SSSR count). The molecule has 1 fully saturated rings. The maximum atomic E-state index is 12.5. The second-order valence-corrected chi connectivity index (χ2v) is 6.02. The van der Waals surface area contributed by atoms with E-state index in [0.29, 0.717) is 18.6 Å². The van der Waals surface area contributed by atoms with Crippen LogP contribution in [0.3, 0.4) is 0 Å². The molecule has 0 aliphatic heterocycles. The van der Waals surface area contributed by atoms with E-state index in [-0.39, 0.29) is 11.9 Å². The first-order valence-corrected chi connectivity index (χ1v) is 8.40. The molecule has 0 bridgehead atoms. The number of hydrogen-bond acceptors (Lipinski definition) is 3. The average Bonchev–Trinajstić information content (AvgIpc) is 2.47. The zero-order valence-electron chi connectivity index (χ0n) is 13.5. The molecule has 118 valence electrons. The molecule has 0 radical (unpaired) electrons. The number of nitrogens with two attached hydrogens (primary N) is 1. The number of carbonyl (C=O) groups is 1. The van der Waals surface area contributed by atoms with Crippen LogP contribution in [0.1, 0.15) is 65.7 Å². The molecule has 0 aromatic heterocycles. The van der Waals surface area contributed by atoms with Gasteiger partial charge in [0.05, 0.1) is 6.04 Å². The number of carbonyl (C=O) groups excluding carboxylic acids is 1. The Morgan fingerprint density at radius 2 is 1.85 bits per heavy atom. The van der Waals surface area contributed by atoms with E-state index >= 15 is 0 Å². The Morgan fingerprint density at radius 1 is 1.25 bits per heavy atom. The summed E-state index contributed by atoms with van der Waals surface area (Å²) in [4.78, 5) is 14.7. The molecule has 20 heavy (non-hydrogen) atoms. The zero-order chi connectivity index (χ0) is 15.0. The van der Waals surface area contributed by atoms with Crippen molar-refractivity contribution in [2.45, 2.75) is 83.8 Å². The van der Waals surface area contributed by atoms with Crippen molar-refractivity contribution in [1.82, 2.24) is 10.2 Å².